The Morgan fingerprint density at radius 3 is 2.50 bits per heavy atom. The van der Waals surface area contributed by atoms with E-state index in [0.717, 1.165) is 30.8 Å². The van der Waals surface area contributed by atoms with Gasteiger partial charge in [-0.2, -0.15) is 0 Å². The van der Waals surface area contributed by atoms with Crippen molar-refractivity contribution < 1.29 is 5.11 Å². The number of aliphatic hydroxyl groups is 1. The van der Waals surface area contributed by atoms with Crippen molar-refractivity contribution in [1.82, 2.24) is 5.32 Å². The molecule has 0 aromatic heterocycles. The van der Waals surface area contributed by atoms with Crippen LogP contribution >= 0.6 is 0 Å². The van der Waals surface area contributed by atoms with Crippen molar-refractivity contribution in [2.24, 2.45) is 17.8 Å². The van der Waals surface area contributed by atoms with E-state index in [4.69, 9.17) is 5.11 Å². The molecule has 0 amide bonds. The Labute approximate surface area is 101 Å². The molecule has 1 fully saturated rings. The largest absolute Gasteiger partial charge is 0.396 e. The summed E-state index contributed by atoms with van der Waals surface area (Å²) in [4.78, 5) is 0. The molecular formula is C14H29NO. The van der Waals surface area contributed by atoms with Crippen molar-refractivity contribution >= 4 is 0 Å². The van der Waals surface area contributed by atoms with Crippen LogP contribution in [0, 0.1) is 17.8 Å². The van der Waals surface area contributed by atoms with Crippen molar-refractivity contribution in [3.8, 4) is 0 Å². The third-order valence-electron chi connectivity index (χ3n) is 4.03. The second-order valence-corrected chi connectivity index (χ2v) is 5.82. The van der Waals surface area contributed by atoms with Crippen LogP contribution in [0.4, 0.5) is 0 Å². The lowest BCUT2D eigenvalue weighted by molar-refractivity contribution is 0.194. The lowest BCUT2D eigenvalue weighted by Crippen LogP contribution is -2.42. The Balaban J connectivity index is 2.32. The minimum absolute atomic E-state index is 0.321. The number of hydrogen-bond acceptors (Lipinski definition) is 2. The predicted molar refractivity (Wildman–Crippen MR) is 69.5 cm³/mol. The van der Waals surface area contributed by atoms with Gasteiger partial charge in [0.2, 0.25) is 0 Å². The zero-order valence-corrected chi connectivity index (χ0v) is 11.2. The minimum atomic E-state index is 0.321. The van der Waals surface area contributed by atoms with E-state index >= 15 is 0 Å². The van der Waals surface area contributed by atoms with Gasteiger partial charge in [-0.15, -0.1) is 0 Å². The third-order valence-corrected chi connectivity index (χ3v) is 4.03. The van der Waals surface area contributed by atoms with Gasteiger partial charge in [0.25, 0.3) is 0 Å². The van der Waals surface area contributed by atoms with E-state index in [-0.39, 0.29) is 0 Å². The highest BCUT2D eigenvalue weighted by molar-refractivity contribution is 4.83. The van der Waals surface area contributed by atoms with Crippen LogP contribution in [-0.2, 0) is 0 Å². The lowest BCUT2D eigenvalue weighted by Gasteiger charge is -2.35. The van der Waals surface area contributed by atoms with Gasteiger partial charge in [0.05, 0.1) is 0 Å². The maximum absolute atomic E-state index is 8.89. The zero-order valence-electron chi connectivity index (χ0n) is 11.2. The first-order chi connectivity index (χ1) is 7.65. The molecule has 0 saturated heterocycles. The second kappa shape index (κ2) is 7.29. The summed E-state index contributed by atoms with van der Waals surface area (Å²) >= 11 is 0. The summed E-state index contributed by atoms with van der Waals surface area (Å²) in [5.41, 5.74) is 0. The molecule has 0 aromatic carbocycles. The molecule has 3 unspecified atom stereocenters. The zero-order chi connectivity index (χ0) is 12.0. The predicted octanol–water partition coefficient (Wildman–Crippen LogP) is 2.81. The fourth-order valence-electron chi connectivity index (χ4n) is 2.89. The topological polar surface area (TPSA) is 32.3 Å². The number of nitrogens with one attached hydrogen (secondary N) is 1. The smallest absolute Gasteiger partial charge is 0.0434 e. The van der Waals surface area contributed by atoms with Gasteiger partial charge in [0.1, 0.15) is 0 Å². The highest BCUT2D eigenvalue weighted by atomic mass is 16.3. The molecule has 0 radical (unpaired) electrons. The average molecular weight is 227 g/mol. The van der Waals surface area contributed by atoms with Crippen molar-refractivity contribution in [2.45, 2.75) is 58.9 Å². The standard InChI is InChI=1S/C14H29NO/c1-11(2)13-6-4-5-7-14(13)15-10-12(3)8-9-16/h11-16H,4-10H2,1-3H3. The first-order valence-corrected chi connectivity index (χ1v) is 6.99. The van der Waals surface area contributed by atoms with Crippen molar-refractivity contribution in [3.63, 3.8) is 0 Å². The molecule has 2 heteroatoms. The molecule has 1 rings (SSSR count). The lowest BCUT2D eigenvalue weighted by atomic mass is 9.77. The number of hydrogen-bond donors (Lipinski definition) is 2. The van der Waals surface area contributed by atoms with Gasteiger partial charge in [-0.25, -0.2) is 0 Å². The van der Waals surface area contributed by atoms with Gasteiger partial charge in [0.15, 0.2) is 0 Å². The Morgan fingerprint density at radius 1 is 1.19 bits per heavy atom. The summed E-state index contributed by atoms with van der Waals surface area (Å²) in [5, 5.41) is 12.6. The van der Waals surface area contributed by atoms with Crippen LogP contribution in [-0.4, -0.2) is 24.3 Å². The molecule has 2 N–H and O–H groups in total. The molecule has 2 nitrogen and oxygen atoms in total. The summed E-state index contributed by atoms with van der Waals surface area (Å²) in [6.45, 7) is 8.30. The van der Waals surface area contributed by atoms with Crippen molar-refractivity contribution in [2.75, 3.05) is 13.2 Å². The molecule has 1 aliphatic carbocycles. The van der Waals surface area contributed by atoms with Gasteiger partial charge in [-0.1, -0.05) is 33.6 Å². The van der Waals surface area contributed by atoms with Gasteiger partial charge in [0, 0.05) is 12.6 Å². The third kappa shape index (κ3) is 4.42. The Bertz CT molecular complexity index is 182. The van der Waals surface area contributed by atoms with Crippen molar-refractivity contribution in [3.05, 3.63) is 0 Å². The Kier molecular flexibility index (Phi) is 6.37. The van der Waals surface area contributed by atoms with Gasteiger partial charge in [-0.05, 0) is 43.6 Å². The SMILES string of the molecule is CC(CCO)CNC1CCCCC1C(C)C. The molecule has 0 spiro atoms. The van der Waals surface area contributed by atoms with E-state index in [1.807, 2.05) is 0 Å². The highest BCUT2D eigenvalue weighted by Gasteiger charge is 2.27. The fourth-order valence-corrected chi connectivity index (χ4v) is 2.89. The monoisotopic (exact) mass is 227 g/mol. The maximum atomic E-state index is 8.89. The molecule has 1 aliphatic rings. The van der Waals surface area contributed by atoms with E-state index in [2.05, 4.69) is 26.1 Å². The summed E-state index contributed by atoms with van der Waals surface area (Å²) in [7, 11) is 0. The Hall–Kier alpha value is -0.0800. The number of rotatable bonds is 6. The van der Waals surface area contributed by atoms with Crippen LogP contribution in [0.15, 0.2) is 0 Å². The maximum Gasteiger partial charge on any atom is 0.0434 e. The first kappa shape index (κ1) is 14.0. The van der Waals surface area contributed by atoms with Crippen LogP contribution in [0.1, 0.15) is 52.9 Å². The first-order valence-electron chi connectivity index (χ1n) is 6.99. The van der Waals surface area contributed by atoms with Crippen molar-refractivity contribution in [1.29, 1.82) is 0 Å². The quantitative estimate of drug-likeness (QED) is 0.731. The van der Waals surface area contributed by atoms with Crippen LogP contribution in [0.5, 0.6) is 0 Å². The van der Waals surface area contributed by atoms with Gasteiger partial charge >= 0.3 is 0 Å². The van der Waals surface area contributed by atoms with E-state index < -0.39 is 0 Å². The second-order valence-electron chi connectivity index (χ2n) is 5.82. The minimum Gasteiger partial charge on any atom is -0.396 e. The van der Waals surface area contributed by atoms with E-state index in [1.54, 1.807) is 0 Å². The molecule has 0 heterocycles. The molecule has 96 valence electrons. The summed E-state index contributed by atoms with van der Waals surface area (Å²) < 4.78 is 0. The molecule has 1 saturated carbocycles. The molecule has 0 bridgehead atoms. The normalized spacial score (nSPS) is 28.3. The average Bonchev–Trinajstić information content (AvgIpc) is 2.27. The van der Waals surface area contributed by atoms with Crippen LogP contribution in [0.25, 0.3) is 0 Å². The van der Waals surface area contributed by atoms with Crippen LogP contribution < -0.4 is 5.32 Å². The highest BCUT2D eigenvalue weighted by Crippen LogP contribution is 2.30. The fraction of sp³-hybridized carbons (Fsp3) is 1.00. The summed E-state index contributed by atoms with van der Waals surface area (Å²) in [5.74, 6) is 2.25. The van der Waals surface area contributed by atoms with Gasteiger partial charge in [-0.3, -0.25) is 0 Å². The summed E-state index contributed by atoms with van der Waals surface area (Å²) in [6, 6.07) is 0.717. The molecule has 3 atom stereocenters. The summed E-state index contributed by atoms with van der Waals surface area (Å²) in [6.07, 6.45) is 6.45. The van der Waals surface area contributed by atoms with E-state index in [0.29, 0.717) is 12.5 Å². The molecule has 0 aromatic rings. The molecule has 16 heavy (non-hydrogen) atoms. The number of aliphatic hydroxyl groups excluding tert-OH is 1. The van der Waals surface area contributed by atoms with E-state index in [9.17, 15) is 0 Å². The van der Waals surface area contributed by atoms with Gasteiger partial charge < -0.3 is 10.4 Å². The van der Waals surface area contributed by atoms with Crippen LogP contribution in [0.2, 0.25) is 0 Å². The van der Waals surface area contributed by atoms with Crippen LogP contribution in [0.3, 0.4) is 0 Å². The molecule has 0 aliphatic heterocycles. The van der Waals surface area contributed by atoms with E-state index in [1.165, 1.54) is 25.7 Å². The Morgan fingerprint density at radius 2 is 1.88 bits per heavy atom. The molecular weight excluding hydrogens is 198 g/mol.